The number of hydrogen-bond acceptors (Lipinski definition) is 4. The zero-order chi connectivity index (χ0) is 13.5. The molecule has 1 unspecified atom stereocenters. The van der Waals surface area contributed by atoms with Crippen molar-refractivity contribution in [3.63, 3.8) is 0 Å². The Kier molecular flexibility index (Phi) is 5.63. The van der Waals surface area contributed by atoms with Gasteiger partial charge in [-0.15, -0.1) is 0 Å². The van der Waals surface area contributed by atoms with Crippen LogP contribution in [-0.2, 0) is 11.3 Å². The largest absolute Gasteiger partial charge is 0.496 e. The Morgan fingerprint density at radius 3 is 3.11 bits per heavy atom. The molecule has 0 radical (unpaired) electrons. The van der Waals surface area contributed by atoms with E-state index in [2.05, 4.69) is 29.7 Å². The molecule has 19 heavy (non-hydrogen) atoms. The number of hydrogen-bond donors (Lipinski definition) is 2. The third kappa shape index (κ3) is 4.49. The van der Waals surface area contributed by atoms with Crippen molar-refractivity contribution in [2.45, 2.75) is 26.0 Å². The van der Waals surface area contributed by atoms with Crippen LogP contribution in [0.15, 0.2) is 18.2 Å². The summed E-state index contributed by atoms with van der Waals surface area (Å²) in [5.74, 6) is 0.952. The number of morpholine rings is 1. The van der Waals surface area contributed by atoms with E-state index < -0.39 is 0 Å². The van der Waals surface area contributed by atoms with Crippen molar-refractivity contribution in [1.82, 2.24) is 10.6 Å². The molecule has 2 N–H and O–H groups in total. The lowest BCUT2D eigenvalue weighted by molar-refractivity contribution is 0.0238. The van der Waals surface area contributed by atoms with Crippen molar-refractivity contribution in [1.29, 1.82) is 0 Å². The van der Waals surface area contributed by atoms with Gasteiger partial charge in [0.2, 0.25) is 0 Å². The molecule has 106 valence electrons. The predicted octanol–water partition coefficient (Wildman–Crippen LogP) is 1.47. The summed E-state index contributed by atoms with van der Waals surface area (Å²) in [5, 5.41) is 6.81. The van der Waals surface area contributed by atoms with Gasteiger partial charge in [-0.2, -0.15) is 0 Å². The van der Waals surface area contributed by atoms with Gasteiger partial charge < -0.3 is 20.1 Å². The summed E-state index contributed by atoms with van der Waals surface area (Å²) in [6.07, 6.45) is 1.39. The molecule has 0 aromatic heterocycles. The minimum absolute atomic E-state index is 0.348. The van der Waals surface area contributed by atoms with Crippen LogP contribution in [0.1, 0.15) is 17.5 Å². The fraction of sp³-hybridized carbons (Fsp3) is 0.600. The number of rotatable bonds is 6. The number of ether oxygens (including phenoxy) is 2. The summed E-state index contributed by atoms with van der Waals surface area (Å²) in [6.45, 7) is 6.68. The third-order valence-corrected chi connectivity index (χ3v) is 3.40. The lowest BCUT2D eigenvalue weighted by Gasteiger charge is -2.23. The van der Waals surface area contributed by atoms with Crippen LogP contribution in [0.25, 0.3) is 0 Å². The minimum atomic E-state index is 0.348. The molecule has 0 saturated carbocycles. The molecular formula is C15H24N2O2. The van der Waals surface area contributed by atoms with Crippen LogP contribution in [0, 0.1) is 6.92 Å². The average molecular weight is 264 g/mol. The van der Waals surface area contributed by atoms with E-state index in [1.54, 1.807) is 7.11 Å². The van der Waals surface area contributed by atoms with Crippen molar-refractivity contribution < 1.29 is 9.47 Å². The first kappa shape index (κ1) is 14.3. The van der Waals surface area contributed by atoms with Gasteiger partial charge in [0.1, 0.15) is 5.75 Å². The highest BCUT2D eigenvalue weighted by Gasteiger charge is 2.12. The van der Waals surface area contributed by atoms with E-state index in [1.807, 2.05) is 6.07 Å². The fourth-order valence-corrected chi connectivity index (χ4v) is 2.34. The molecule has 1 heterocycles. The van der Waals surface area contributed by atoms with Crippen LogP contribution in [-0.4, -0.2) is 39.5 Å². The van der Waals surface area contributed by atoms with Gasteiger partial charge in [0.05, 0.1) is 19.8 Å². The van der Waals surface area contributed by atoms with Crippen molar-refractivity contribution >= 4 is 0 Å². The summed E-state index contributed by atoms with van der Waals surface area (Å²) in [7, 11) is 1.72. The van der Waals surface area contributed by atoms with Gasteiger partial charge in [0, 0.05) is 25.2 Å². The first-order chi connectivity index (χ1) is 9.29. The lowest BCUT2D eigenvalue weighted by atomic mass is 10.1. The SMILES string of the molecule is COc1ccc(C)cc1CNCCC1CNCCO1. The zero-order valence-corrected chi connectivity index (χ0v) is 11.9. The normalized spacial score (nSPS) is 19.4. The molecule has 0 bridgehead atoms. The third-order valence-electron chi connectivity index (χ3n) is 3.40. The van der Waals surface area contributed by atoms with Crippen LogP contribution in [0.2, 0.25) is 0 Å². The van der Waals surface area contributed by atoms with E-state index in [0.29, 0.717) is 6.10 Å². The molecule has 0 spiro atoms. The Hall–Kier alpha value is -1.10. The molecule has 0 aliphatic carbocycles. The maximum absolute atomic E-state index is 5.67. The van der Waals surface area contributed by atoms with Gasteiger partial charge in [0.15, 0.2) is 0 Å². The van der Waals surface area contributed by atoms with E-state index in [-0.39, 0.29) is 0 Å². The molecule has 4 nitrogen and oxygen atoms in total. The maximum atomic E-state index is 5.67. The summed E-state index contributed by atoms with van der Waals surface area (Å²) in [4.78, 5) is 0. The van der Waals surface area contributed by atoms with Crippen LogP contribution in [0.3, 0.4) is 0 Å². The second-order valence-electron chi connectivity index (χ2n) is 4.98. The number of methoxy groups -OCH3 is 1. The minimum Gasteiger partial charge on any atom is -0.496 e. The van der Waals surface area contributed by atoms with Crippen molar-refractivity contribution in [2.24, 2.45) is 0 Å². The Bertz CT molecular complexity index is 390. The van der Waals surface area contributed by atoms with E-state index in [9.17, 15) is 0 Å². The second kappa shape index (κ2) is 7.48. The Morgan fingerprint density at radius 2 is 2.37 bits per heavy atom. The highest BCUT2D eigenvalue weighted by molar-refractivity contribution is 5.36. The number of aryl methyl sites for hydroxylation is 1. The summed E-state index contributed by atoms with van der Waals surface area (Å²) >= 11 is 0. The molecule has 4 heteroatoms. The van der Waals surface area contributed by atoms with Crippen LogP contribution in [0.4, 0.5) is 0 Å². The quantitative estimate of drug-likeness (QED) is 0.764. The first-order valence-electron chi connectivity index (χ1n) is 6.96. The van der Waals surface area contributed by atoms with Gasteiger partial charge in [-0.05, 0) is 26.0 Å². The number of benzene rings is 1. The van der Waals surface area contributed by atoms with Crippen LogP contribution >= 0.6 is 0 Å². The molecule has 1 saturated heterocycles. The predicted molar refractivity (Wildman–Crippen MR) is 76.7 cm³/mol. The molecule has 1 atom stereocenters. The van der Waals surface area contributed by atoms with E-state index in [1.165, 1.54) is 11.1 Å². The molecule has 1 fully saturated rings. The zero-order valence-electron chi connectivity index (χ0n) is 11.9. The van der Waals surface area contributed by atoms with E-state index >= 15 is 0 Å². The topological polar surface area (TPSA) is 42.5 Å². The molecule has 1 aliphatic heterocycles. The van der Waals surface area contributed by atoms with Gasteiger partial charge in [0.25, 0.3) is 0 Å². The van der Waals surface area contributed by atoms with E-state index in [0.717, 1.165) is 45.0 Å². The Labute approximate surface area is 115 Å². The summed E-state index contributed by atoms with van der Waals surface area (Å²) < 4.78 is 11.0. The standard InChI is InChI=1S/C15H24N2O2/c1-12-3-4-15(18-2)13(9-12)10-16-6-5-14-11-17-7-8-19-14/h3-4,9,14,16-17H,5-8,10-11H2,1-2H3. The Morgan fingerprint density at radius 1 is 1.47 bits per heavy atom. The summed E-state index contributed by atoms with van der Waals surface area (Å²) in [5.41, 5.74) is 2.47. The van der Waals surface area contributed by atoms with Gasteiger partial charge in [-0.3, -0.25) is 0 Å². The van der Waals surface area contributed by atoms with Crippen molar-refractivity contribution in [2.75, 3.05) is 33.4 Å². The monoisotopic (exact) mass is 264 g/mol. The van der Waals surface area contributed by atoms with Gasteiger partial charge in [-0.25, -0.2) is 0 Å². The fourth-order valence-electron chi connectivity index (χ4n) is 2.34. The van der Waals surface area contributed by atoms with Crippen LogP contribution in [0.5, 0.6) is 5.75 Å². The number of nitrogens with one attached hydrogen (secondary N) is 2. The van der Waals surface area contributed by atoms with Crippen molar-refractivity contribution in [3.05, 3.63) is 29.3 Å². The molecule has 1 aromatic carbocycles. The highest BCUT2D eigenvalue weighted by Crippen LogP contribution is 2.19. The first-order valence-corrected chi connectivity index (χ1v) is 6.96. The maximum Gasteiger partial charge on any atom is 0.123 e. The van der Waals surface area contributed by atoms with Crippen molar-refractivity contribution in [3.8, 4) is 5.75 Å². The van der Waals surface area contributed by atoms with Gasteiger partial charge in [-0.1, -0.05) is 17.7 Å². The highest BCUT2D eigenvalue weighted by atomic mass is 16.5. The molecule has 1 aliphatic rings. The van der Waals surface area contributed by atoms with E-state index in [4.69, 9.17) is 9.47 Å². The smallest absolute Gasteiger partial charge is 0.123 e. The Balaban J connectivity index is 1.74. The van der Waals surface area contributed by atoms with Gasteiger partial charge >= 0.3 is 0 Å². The van der Waals surface area contributed by atoms with Crippen LogP contribution < -0.4 is 15.4 Å². The lowest BCUT2D eigenvalue weighted by Crippen LogP contribution is -2.39. The summed E-state index contributed by atoms with van der Waals surface area (Å²) in [6, 6.07) is 6.27. The molecule has 0 amide bonds. The molecule has 2 rings (SSSR count). The molecular weight excluding hydrogens is 240 g/mol. The molecule has 1 aromatic rings. The second-order valence-corrected chi connectivity index (χ2v) is 4.98. The average Bonchev–Trinajstić information content (AvgIpc) is 2.45.